The first-order chi connectivity index (χ1) is 31.9. The Bertz CT molecular complexity index is 2580. The van der Waals surface area contributed by atoms with E-state index in [1.807, 2.05) is 19.1 Å². The molecule has 1 aromatic carbocycles. The summed E-state index contributed by atoms with van der Waals surface area (Å²) in [5.74, 6) is 0.164. The standard InChI is InChI=1S/C47H59N11O7S/c1-29(2)42-32(5)66-47(53-42)55-44(62)35-12-8-9-13-37(35)51-39(60)16-22-64-24-25-65-23-17-48-40(61)28-56-18-20-57(21-19-56)34-14-15-38(49-26-34)52-46-50-27-36-30(3)41(31(4)59)45(63)58(43(36)54-46)33-10-6-7-11-33/h8-9,12-15,26-27,29,33H,6-7,10-11,16-25,28H2,1-5H3,(H,48,61)(H,51,60)(H,53,55,62)(H,49,50,52,54). The summed E-state index contributed by atoms with van der Waals surface area (Å²) in [5.41, 5.74) is 3.69. The van der Waals surface area contributed by atoms with Crippen LogP contribution < -0.4 is 31.7 Å². The normalized spacial score (nSPS) is 14.5. The highest BCUT2D eigenvalue weighted by molar-refractivity contribution is 7.15. The number of Topliss-reactive ketones (excluding diaryl/α,β-unsaturated/α-hetero) is 1. The molecule has 19 heteroatoms. The molecular formula is C47H59N11O7S. The molecule has 1 saturated heterocycles. The summed E-state index contributed by atoms with van der Waals surface area (Å²) in [7, 11) is 0. The average molecular weight is 922 g/mol. The summed E-state index contributed by atoms with van der Waals surface area (Å²) >= 11 is 1.42. The molecule has 0 unspecified atom stereocenters. The van der Waals surface area contributed by atoms with Gasteiger partial charge in [-0.2, -0.15) is 4.98 Å². The molecule has 2 fully saturated rings. The van der Waals surface area contributed by atoms with Gasteiger partial charge in [0.2, 0.25) is 17.8 Å². The monoisotopic (exact) mass is 921 g/mol. The second kappa shape index (κ2) is 22.4. The van der Waals surface area contributed by atoms with Crippen molar-refractivity contribution in [3.05, 3.63) is 86.4 Å². The molecule has 0 atom stereocenters. The predicted octanol–water partition coefficient (Wildman–Crippen LogP) is 6.00. The third kappa shape index (κ3) is 12.0. The number of para-hydroxylation sites is 1. The average Bonchev–Trinajstić information content (AvgIpc) is 3.96. The number of benzene rings is 1. The van der Waals surface area contributed by atoms with Gasteiger partial charge in [0.25, 0.3) is 11.5 Å². The molecule has 18 nitrogen and oxygen atoms in total. The lowest BCUT2D eigenvalue weighted by Crippen LogP contribution is -2.49. The van der Waals surface area contributed by atoms with Gasteiger partial charge in [0.1, 0.15) is 11.5 Å². The number of aryl methyl sites for hydroxylation is 2. The number of nitrogens with one attached hydrogen (secondary N) is 4. The topological polar surface area (TPSA) is 215 Å². The number of nitrogens with zero attached hydrogens (tertiary/aromatic N) is 7. The Kier molecular flexibility index (Phi) is 16.2. The maximum Gasteiger partial charge on any atom is 0.263 e. The summed E-state index contributed by atoms with van der Waals surface area (Å²) in [6.45, 7) is 14.0. The highest BCUT2D eigenvalue weighted by atomic mass is 32.1. The quantitative estimate of drug-likeness (QED) is 0.0521. The molecule has 4 aromatic heterocycles. The van der Waals surface area contributed by atoms with Crippen molar-refractivity contribution >= 4 is 74.1 Å². The number of carbonyl (C=O) groups is 4. The number of ether oxygens (including phenoxy) is 2. The molecule has 5 aromatic rings. The van der Waals surface area contributed by atoms with Gasteiger partial charge in [0, 0.05) is 55.2 Å². The second-order valence-corrected chi connectivity index (χ2v) is 18.1. The molecule has 1 aliphatic heterocycles. The number of ketones is 1. The number of rotatable bonds is 20. The molecule has 3 amide bonds. The number of thiazole rings is 1. The van der Waals surface area contributed by atoms with Gasteiger partial charge in [0.05, 0.1) is 73.8 Å². The van der Waals surface area contributed by atoms with Crippen molar-refractivity contribution in [1.82, 2.24) is 34.7 Å². The molecule has 350 valence electrons. The van der Waals surface area contributed by atoms with Crippen LogP contribution >= 0.6 is 11.3 Å². The zero-order valence-electron chi connectivity index (χ0n) is 38.3. The van der Waals surface area contributed by atoms with E-state index in [-0.39, 0.29) is 66.2 Å². The van der Waals surface area contributed by atoms with Crippen LogP contribution in [-0.4, -0.2) is 119 Å². The number of carbonyl (C=O) groups excluding carboxylic acids is 4. The number of aromatic nitrogens is 5. The minimum Gasteiger partial charge on any atom is -0.379 e. The van der Waals surface area contributed by atoms with Crippen LogP contribution in [0, 0.1) is 13.8 Å². The van der Waals surface area contributed by atoms with Crippen LogP contribution in [0.1, 0.15) is 102 Å². The van der Waals surface area contributed by atoms with E-state index in [9.17, 15) is 24.0 Å². The fourth-order valence-corrected chi connectivity index (χ4v) is 9.37. The fraction of sp³-hybridized carbons (Fsp3) is 0.468. The number of hydrogen-bond donors (Lipinski definition) is 4. The van der Waals surface area contributed by atoms with Gasteiger partial charge in [-0.15, -0.1) is 11.3 Å². The maximum atomic E-state index is 13.6. The van der Waals surface area contributed by atoms with E-state index in [2.05, 4.69) is 59.9 Å². The molecule has 0 bridgehead atoms. The summed E-state index contributed by atoms with van der Waals surface area (Å²) in [6, 6.07) is 10.7. The SMILES string of the molecule is CC(=O)c1c(C)c2cnc(Nc3ccc(N4CCN(CC(=O)NCCOCCOCCC(=O)Nc5ccccc5C(=O)Nc5nc(C(C)C)c(C)s5)CC4)cn3)nc2n(C2CCCC2)c1=O. The van der Waals surface area contributed by atoms with Crippen LogP contribution in [0.25, 0.3) is 11.0 Å². The molecule has 1 aliphatic carbocycles. The van der Waals surface area contributed by atoms with E-state index in [1.54, 1.807) is 48.1 Å². The molecule has 0 radical (unpaired) electrons. The summed E-state index contributed by atoms with van der Waals surface area (Å²) in [5, 5.41) is 13.0. The molecule has 2 aliphatic rings. The van der Waals surface area contributed by atoms with Gasteiger partial charge in [-0.3, -0.25) is 38.8 Å². The number of hydrogen-bond acceptors (Lipinski definition) is 15. The Balaban J connectivity index is 0.761. The van der Waals surface area contributed by atoms with Gasteiger partial charge >= 0.3 is 0 Å². The maximum absolute atomic E-state index is 13.6. The third-order valence-corrected chi connectivity index (χ3v) is 12.7. The Morgan fingerprint density at radius 3 is 2.30 bits per heavy atom. The largest absolute Gasteiger partial charge is 0.379 e. The molecule has 0 spiro atoms. The molecule has 4 N–H and O–H groups in total. The lowest BCUT2D eigenvalue weighted by molar-refractivity contribution is -0.122. The number of pyridine rings is 2. The van der Waals surface area contributed by atoms with Crippen LogP contribution in [0.3, 0.4) is 0 Å². The van der Waals surface area contributed by atoms with Crippen LogP contribution in [0.4, 0.5) is 28.3 Å². The molecule has 1 saturated carbocycles. The van der Waals surface area contributed by atoms with Crippen molar-refractivity contribution in [3.63, 3.8) is 0 Å². The van der Waals surface area contributed by atoms with E-state index in [1.165, 1.54) is 18.3 Å². The first-order valence-corrected chi connectivity index (χ1v) is 23.4. The fourth-order valence-electron chi connectivity index (χ4n) is 8.41. The Hall–Kier alpha value is -6.15. The predicted molar refractivity (Wildman–Crippen MR) is 255 cm³/mol. The molecule has 66 heavy (non-hydrogen) atoms. The van der Waals surface area contributed by atoms with Crippen LogP contribution in [0.5, 0.6) is 0 Å². The van der Waals surface area contributed by atoms with Crippen LogP contribution in [-0.2, 0) is 19.1 Å². The second-order valence-electron chi connectivity index (χ2n) is 16.9. The van der Waals surface area contributed by atoms with E-state index in [4.69, 9.17) is 14.5 Å². The van der Waals surface area contributed by atoms with Crippen molar-refractivity contribution in [2.75, 3.05) is 86.5 Å². The Labute approximate surface area is 387 Å². The number of amides is 3. The zero-order chi connectivity index (χ0) is 46.7. The minimum atomic E-state index is -0.349. The number of piperazine rings is 1. The van der Waals surface area contributed by atoms with Crippen LogP contribution in [0.2, 0.25) is 0 Å². The summed E-state index contributed by atoms with van der Waals surface area (Å²) < 4.78 is 12.9. The van der Waals surface area contributed by atoms with E-state index in [0.717, 1.165) is 55.0 Å². The smallest absolute Gasteiger partial charge is 0.263 e. The van der Waals surface area contributed by atoms with E-state index in [0.29, 0.717) is 84.2 Å². The number of anilines is 5. The molecular weight excluding hydrogens is 863 g/mol. The lowest BCUT2D eigenvalue weighted by atomic mass is 10.0. The van der Waals surface area contributed by atoms with Gasteiger partial charge < -0.3 is 30.3 Å². The van der Waals surface area contributed by atoms with Crippen molar-refractivity contribution < 1.29 is 28.7 Å². The summed E-state index contributed by atoms with van der Waals surface area (Å²) in [4.78, 5) is 88.2. The first-order valence-electron chi connectivity index (χ1n) is 22.6. The van der Waals surface area contributed by atoms with Crippen LogP contribution in [0.15, 0.2) is 53.6 Å². The van der Waals surface area contributed by atoms with Crippen molar-refractivity contribution in [3.8, 4) is 0 Å². The zero-order valence-corrected chi connectivity index (χ0v) is 39.1. The minimum absolute atomic E-state index is 0.00690. The Morgan fingerprint density at radius 1 is 0.864 bits per heavy atom. The van der Waals surface area contributed by atoms with Gasteiger partial charge in [-0.1, -0.05) is 38.8 Å². The molecule has 7 rings (SSSR count). The third-order valence-electron chi connectivity index (χ3n) is 11.8. The summed E-state index contributed by atoms with van der Waals surface area (Å²) in [6.07, 6.45) is 7.36. The number of fused-ring (bicyclic) bond motifs is 1. The molecule has 5 heterocycles. The highest BCUT2D eigenvalue weighted by Crippen LogP contribution is 2.32. The van der Waals surface area contributed by atoms with Gasteiger partial charge in [-0.05, 0) is 69.4 Å². The Morgan fingerprint density at radius 2 is 1.61 bits per heavy atom. The van der Waals surface area contributed by atoms with Crippen molar-refractivity contribution in [2.45, 2.75) is 78.7 Å². The lowest BCUT2D eigenvalue weighted by Gasteiger charge is -2.35. The van der Waals surface area contributed by atoms with E-state index < -0.39 is 0 Å². The van der Waals surface area contributed by atoms with Gasteiger partial charge in [0.15, 0.2) is 10.9 Å². The highest BCUT2D eigenvalue weighted by Gasteiger charge is 2.26. The van der Waals surface area contributed by atoms with Gasteiger partial charge in [-0.25, -0.2) is 15.0 Å². The van der Waals surface area contributed by atoms with Crippen molar-refractivity contribution in [1.29, 1.82) is 0 Å². The van der Waals surface area contributed by atoms with Crippen molar-refractivity contribution in [2.24, 2.45) is 0 Å². The van der Waals surface area contributed by atoms with E-state index >= 15 is 0 Å². The first kappa shape index (κ1) is 47.8.